The van der Waals surface area contributed by atoms with Gasteiger partial charge >= 0.3 is 0 Å². The van der Waals surface area contributed by atoms with Crippen molar-refractivity contribution in [1.29, 1.82) is 0 Å². The lowest BCUT2D eigenvalue weighted by Gasteiger charge is -2.07. The summed E-state index contributed by atoms with van der Waals surface area (Å²) in [7, 11) is -3.04. The number of rotatable bonds is 10. The first kappa shape index (κ1) is 19.7. The minimum Gasteiger partial charge on any atom is -0.352 e. The van der Waals surface area contributed by atoms with Crippen LogP contribution in [-0.4, -0.2) is 27.1 Å². The Morgan fingerprint density at radius 1 is 1.04 bits per heavy atom. The highest BCUT2D eigenvalue weighted by Crippen LogP contribution is 2.10. The number of carbonyl (C=O) groups excluding carboxylic acids is 1. The molecule has 0 fully saturated rings. The molecule has 0 unspecified atom stereocenters. The molecule has 5 heteroatoms. The summed E-state index contributed by atoms with van der Waals surface area (Å²) in [5.74, 6) is 0.670. The molecule has 0 aliphatic rings. The lowest BCUT2D eigenvalue weighted by Crippen LogP contribution is -2.24. The standard InChI is InChI=1S/C18H29NO3S/c1-15(2)8-6-4-5-7-13-19-18(20)17-11-9-16(10-12-17)14-23(3,21)22/h9-12,15H,4-8,13-14H2,1-3H3,(H,19,20). The number of unbranched alkanes of at least 4 members (excludes halogenated alkanes) is 3. The van der Waals surface area contributed by atoms with Gasteiger partial charge in [-0.15, -0.1) is 0 Å². The highest BCUT2D eigenvalue weighted by Gasteiger charge is 2.07. The molecule has 0 heterocycles. The maximum absolute atomic E-state index is 12.0. The second-order valence-corrected chi connectivity index (χ2v) is 8.76. The maximum Gasteiger partial charge on any atom is 0.251 e. The third-order valence-corrected chi connectivity index (χ3v) is 4.50. The zero-order valence-corrected chi connectivity index (χ0v) is 15.3. The largest absolute Gasteiger partial charge is 0.352 e. The first-order chi connectivity index (χ1) is 10.8. The van der Waals surface area contributed by atoms with Crippen molar-refractivity contribution >= 4 is 15.7 Å². The van der Waals surface area contributed by atoms with E-state index in [1.807, 2.05) is 0 Å². The Kier molecular flexibility index (Phi) is 8.31. The molecule has 0 aliphatic heterocycles. The highest BCUT2D eigenvalue weighted by atomic mass is 32.2. The number of carbonyl (C=O) groups is 1. The molecule has 1 rings (SSSR count). The van der Waals surface area contributed by atoms with E-state index < -0.39 is 9.84 Å². The summed E-state index contributed by atoms with van der Waals surface area (Å²) in [4.78, 5) is 12.0. The molecule has 0 aromatic heterocycles. The monoisotopic (exact) mass is 339 g/mol. The fourth-order valence-corrected chi connectivity index (χ4v) is 3.19. The van der Waals surface area contributed by atoms with Gasteiger partial charge < -0.3 is 5.32 Å². The number of sulfone groups is 1. The van der Waals surface area contributed by atoms with E-state index in [-0.39, 0.29) is 11.7 Å². The summed E-state index contributed by atoms with van der Waals surface area (Å²) in [5, 5.41) is 2.91. The van der Waals surface area contributed by atoms with Crippen LogP contribution in [0.25, 0.3) is 0 Å². The Morgan fingerprint density at radius 2 is 1.65 bits per heavy atom. The summed E-state index contributed by atoms with van der Waals surface area (Å²) in [5.41, 5.74) is 1.27. The zero-order valence-electron chi connectivity index (χ0n) is 14.5. The van der Waals surface area contributed by atoms with Gasteiger partial charge in [0.15, 0.2) is 9.84 Å². The Bertz CT molecular complexity index is 577. The maximum atomic E-state index is 12.0. The molecule has 23 heavy (non-hydrogen) atoms. The highest BCUT2D eigenvalue weighted by molar-refractivity contribution is 7.89. The van der Waals surface area contributed by atoms with Crippen LogP contribution in [0.5, 0.6) is 0 Å². The van der Waals surface area contributed by atoms with Gasteiger partial charge in [0.2, 0.25) is 0 Å². The minimum absolute atomic E-state index is 0.00523. The minimum atomic E-state index is -3.04. The molecular weight excluding hydrogens is 310 g/mol. The average molecular weight is 340 g/mol. The molecular formula is C18H29NO3S. The molecule has 1 aromatic rings. The van der Waals surface area contributed by atoms with Crippen molar-refractivity contribution in [3.05, 3.63) is 35.4 Å². The van der Waals surface area contributed by atoms with Crippen LogP contribution in [0.15, 0.2) is 24.3 Å². The van der Waals surface area contributed by atoms with Gasteiger partial charge in [-0.3, -0.25) is 4.79 Å². The predicted octanol–water partition coefficient (Wildman–Crippen LogP) is 3.57. The molecule has 130 valence electrons. The van der Waals surface area contributed by atoms with E-state index in [2.05, 4.69) is 19.2 Å². The molecule has 0 radical (unpaired) electrons. The molecule has 0 saturated carbocycles. The molecule has 1 amide bonds. The van der Waals surface area contributed by atoms with Gasteiger partial charge in [-0.1, -0.05) is 51.7 Å². The van der Waals surface area contributed by atoms with Crippen LogP contribution in [0, 0.1) is 5.92 Å². The molecule has 0 atom stereocenters. The van der Waals surface area contributed by atoms with Crippen LogP contribution in [0.3, 0.4) is 0 Å². The number of hydrogen-bond donors (Lipinski definition) is 1. The van der Waals surface area contributed by atoms with Crippen molar-refractivity contribution in [3.63, 3.8) is 0 Å². The van der Waals surface area contributed by atoms with Crippen molar-refractivity contribution < 1.29 is 13.2 Å². The molecule has 4 nitrogen and oxygen atoms in total. The Hall–Kier alpha value is -1.36. The summed E-state index contributed by atoms with van der Waals surface area (Å²) in [6, 6.07) is 6.75. The number of nitrogens with one attached hydrogen (secondary N) is 1. The predicted molar refractivity (Wildman–Crippen MR) is 95.2 cm³/mol. The van der Waals surface area contributed by atoms with E-state index in [9.17, 15) is 13.2 Å². The van der Waals surface area contributed by atoms with E-state index in [0.717, 1.165) is 18.8 Å². The lowest BCUT2D eigenvalue weighted by atomic mass is 10.0. The van der Waals surface area contributed by atoms with Crippen molar-refractivity contribution in [2.45, 2.75) is 51.7 Å². The summed E-state index contributed by atoms with van der Waals surface area (Å²) < 4.78 is 22.5. The number of hydrogen-bond acceptors (Lipinski definition) is 3. The van der Waals surface area contributed by atoms with E-state index in [1.54, 1.807) is 24.3 Å². The third-order valence-electron chi connectivity index (χ3n) is 3.64. The molecule has 0 bridgehead atoms. The van der Waals surface area contributed by atoms with Crippen molar-refractivity contribution in [2.75, 3.05) is 12.8 Å². The molecule has 0 aliphatic carbocycles. The first-order valence-electron chi connectivity index (χ1n) is 8.33. The summed E-state index contributed by atoms with van der Waals surface area (Å²) in [6.45, 7) is 5.16. The SMILES string of the molecule is CC(C)CCCCCCNC(=O)c1ccc(CS(C)(=O)=O)cc1. The quantitative estimate of drug-likeness (QED) is 0.663. The van der Waals surface area contributed by atoms with Crippen LogP contribution < -0.4 is 5.32 Å². The first-order valence-corrected chi connectivity index (χ1v) is 10.4. The van der Waals surface area contributed by atoms with E-state index >= 15 is 0 Å². The van der Waals surface area contributed by atoms with Gasteiger partial charge in [0.25, 0.3) is 5.91 Å². The molecule has 1 N–H and O–H groups in total. The van der Waals surface area contributed by atoms with Gasteiger partial charge in [0.05, 0.1) is 5.75 Å². The van der Waals surface area contributed by atoms with Crippen LogP contribution in [0.2, 0.25) is 0 Å². The average Bonchev–Trinajstić information content (AvgIpc) is 2.44. The van der Waals surface area contributed by atoms with Crippen LogP contribution in [0.4, 0.5) is 0 Å². The fourth-order valence-electron chi connectivity index (χ4n) is 2.39. The van der Waals surface area contributed by atoms with Gasteiger partial charge in [-0.05, 0) is 30.0 Å². The van der Waals surface area contributed by atoms with Crippen LogP contribution >= 0.6 is 0 Å². The Morgan fingerprint density at radius 3 is 2.22 bits per heavy atom. The normalized spacial score (nSPS) is 11.7. The topological polar surface area (TPSA) is 63.2 Å². The van der Waals surface area contributed by atoms with E-state index in [1.165, 1.54) is 25.5 Å². The molecule has 0 saturated heterocycles. The molecule has 0 spiro atoms. The lowest BCUT2D eigenvalue weighted by molar-refractivity contribution is 0.0953. The third kappa shape index (κ3) is 9.39. The number of amides is 1. The number of benzene rings is 1. The summed E-state index contributed by atoms with van der Waals surface area (Å²) >= 11 is 0. The Balaban J connectivity index is 2.27. The van der Waals surface area contributed by atoms with Crippen LogP contribution in [-0.2, 0) is 15.6 Å². The van der Waals surface area contributed by atoms with Crippen molar-refractivity contribution in [2.24, 2.45) is 5.92 Å². The van der Waals surface area contributed by atoms with E-state index in [4.69, 9.17) is 0 Å². The molecule has 1 aromatic carbocycles. The van der Waals surface area contributed by atoms with Gasteiger partial charge in [-0.2, -0.15) is 0 Å². The van der Waals surface area contributed by atoms with Crippen LogP contribution in [0.1, 0.15) is 61.9 Å². The smallest absolute Gasteiger partial charge is 0.251 e. The fraction of sp³-hybridized carbons (Fsp3) is 0.611. The second-order valence-electron chi connectivity index (χ2n) is 6.62. The summed E-state index contributed by atoms with van der Waals surface area (Å²) in [6.07, 6.45) is 7.08. The Labute approximate surface area is 140 Å². The van der Waals surface area contributed by atoms with Crippen molar-refractivity contribution in [1.82, 2.24) is 5.32 Å². The van der Waals surface area contributed by atoms with Gasteiger partial charge in [0, 0.05) is 18.4 Å². The van der Waals surface area contributed by atoms with Gasteiger partial charge in [-0.25, -0.2) is 8.42 Å². The zero-order chi connectivity index (χ0) is 17.3. The van der Waals surface area contributed by atoms with E-state index in [0.29, 0.717) is 17.7 Å². The second kappa shape index (κ2) is 9.71. The van der Waals surface area contributed by atoms with Crippen molar-refractivity contribution in [3.8, 4) is 0 Å². The van der Waals surface area contributed by atoms with Gasteiger partial charge in [0.1, 0.15) is 0 Å².